The summed E-state index contributed by atoms with van der Waals surface area (Å²) in [4.78, 5) is 7.17. The topological polar surface area (TPSA) is 36.4 Å². The molecule has 3 nitrogen and oxygen atoms in total. The lowest BCUT2D eigenvalue weighted by Crippen LogP contribution is -2.37. The Morgan fingerprint density at radius 2 is 2.22 bits per heavy atom. The van der Waals surface area contributed by atoms with Crippen molar-refractivity contribution in [3.63, 3.8) is 0 Å². The van der Waals surface area contributed by atoms with Gasteiger partial charge in [-0.2, -0.15) is 0 Å². The minimum Gasteiger partial charge on any atom is -0.383 e. The molecule has 1 saturated heterocycles. The van der Waals surface area contributed by atoms with Crippen molar-refractivity contribution < 1.29 is 5.11 Å². The lowest BCUT2D eigenvalue weighted by molar-refractivity contribution is -0.0116. The van der Waals surface area contributed by atoms with Crippen molar-refractivity contribution in [2.24, 2.45) is 17.8 Å². The van der Waals surface area contributed by atoms with Crippen LogP contribution < -0.4 is 0 Å². The van der Waals surface area contributed by atoms with E-state index in [1.807, 2.05) is 12.3 Å². The number of rotatable bonds is 3. The predicted octanol–water partition coefficient (Wildman–Crippen LogP) is 3.28. The van der Waals surface area contributed by atoms with Crippen molar-refractivity contribution in [3.8, 4) is 0 Å². The Morgan fingerprint density at radius 3 is 3.00 bits per heavy atom. The molecule has 1 N–H and O–H groups in total. The summed E-state index contributed by atoms with van der Waals surface area (Å²) < 4.78 is 0. The molecule has 0 bridgehead atoms. The number of pyridine rings is 1. The first-order valence-corrected chi connectivity index (χ1v) is 9.18. The Labute approximate surface area is 139 Å². The molecule has 2 aliphatic carbocycles. The van der Waals surface area contributed by atoms with E-state index in [1.165, 1.54) is 32.4 Å². The van der Waals surface area contributed by atoms with Gasteiger partial charge in [-0.3, -0.25) is 4.98 Å². The zero-order valence-corrected chi connectivity index (χ0v) is 14.1. The summed E-state index contributed by atoms with van der Waals surface area (Å²) in [5.74, 6) is 1.80. The zero-order valence-electron chi connectivity index (χ0n) is 14.1. The van der Waals surface area contributed by atoms with Crippen LogP contribution in [0.1, 0.15) is 43.4 Å². The van der Waals surface area contributed by atoms with Crippen LogP contribution >= 0.6 is 0 Å². The quantitative estimate of drug-likeness (QED) is 0.870. The average Bonchev–Trinajstić information content (AvgIpc) is 3.10. The lowest BCUT2D eigenvalue weighted by atomic mass is 9.83. The van der Waals surface area contributed by atoms with Gasteiger partial charge in [0.15, 0.2) is 0 Å². The normalized spacial score (nSPS) is 37.2. The molecule has 0 amide bonds. The van der Waals surface area contributed by atoms with Gasteiger partial charge >= 0.3 is 0 Å². The van der Waals surface area contributed by atoms with E-state index in [0.717, 1.165) is 36.6 Å². The molecule has 124 valence electrons. The minimum absolute atomic E-state index is 0.357. The van der Waals surface area contributed by atoms with Crippen LogP contribution in [-0.4, -0.2) is 34.6 Å². The first-order valence-electron chi connectivity index (χ1n) is 9.18. The standard InChI is InChI=1S/C20H28N2O/c1-15-6-5-11-21-19(15)20(23)10-9-17-13-22(14-18(17)20)12-16-7-3-2-4-8-16/h2-3,5-6,11,16-18,23H,4,7-10,12-14H2,1H3/t16?,17-,18+,20-/m0/s1. The molecular formula is C20H28N2O. The third-order valence-electron chi connectivity index (χ3n) is 6.34. The van der Waals surface area contributed by atoms with Gasteiger partial charge < -0.3 is 10.0 Å². The van der Waals surface area contributed by atoms with E-state index in [-0.39, 0.29) is 0 Å². The maximum Gasteiger partial charge on any atom is 0.111 e. The van der Waals surface area contributed by atoms with Gasteiger partial charge in [-0.25, -0.2) is 0 Å². The second kappa shape index (κ2) is 6.03. The van der Waals surface area contributed by atoms with Crippen LogP contribution in [0.25, 0.3) is 0 Å². The fourth-order valence-corrected chi connectivity index (χ4v) is 5.15. The second-order valence-corrected chi connectivity index (χ2v) is 7.87. The molecule has 23 heavy (non-hydrogen) atoms. The summed E-state index contributed by atoms with van der Waals surface area (Å²) in [5.41, 5.74) is 1.35. The summed E-state index contributed by atoms with van der Waals surface area (Å²) in [6.07, 6.45) is 12.3. The molecule has 1 aliphatic heterocycles. The molecule has 1 unspecified atom stereocenters. The number of hydrogen-bond donors (Lipinski definition) is 1. The lowest BCUT2D eigenvalue weighted by Gasteiger charge is -2.31. The van der Waals surface area contributed by atoms with Crippen molar-refractivity contribution in [1.82, 2.24) is 9.88 Å². The molecule has 2 heterocycles. The molecular weight excluding hydrogens is 284 g/mol. The number of nitrogens with zero attached hydrogens (tertiary/aromatic N) is 2. The van der Waals surface area contributed by atoms with Crippen LogP contribution in [0.5, 0.6) is 0 Å². The fourth-order valence-electron chi connectivity index (χ4n) is 5.15. The van der Waals surface area contributed by atoms with E-state index in [4.69, 9.17) is 0 Å². The Morgan fingerprint density at radius 1 is 1.30 bits per heavy atom. The van der Waals surface area contributed by atoms with Gasteiger partial charge in [0.25, 0.3) is 0 Å². The Balaban J connectivity index is 1.49. The van der Waals surface area contributed by atoms with E-state index < -0.39 is 5.60 Å². The highest BCUT2D eigenvalue weighted by Gasteiger charge is 2.53. The molecule has 0 aromatic carbocycles. The summed E-state index contributed by atoms with van der Waals surface area (Å²) in [5, 5.41) is 11.4. The average molecular weight is 312 g/mol. The van der Waals surface area contributed by atoms with Gasteiger partial charge in [0.2, 0.25) is 0 Å². The van der Waals surface area contributed by atoms with Crippen molar-refractivity contribution in [2.45, 2.75) is 44.6 Å². The first kappa shape index (κ1) is 15.3. The van der Waals surface area contributed by atoms with E-state index in [1.54, 1.807) is 0 Å². The third-order valence-corrected chi connectivity index (χ3v) is 6.34. The molecule has 0 spiro atoms. The van der Waals surface area contributed by atoms with E-state index in [0.29, 0.717) is 11.8 Å². The SMILES string of the molecule is Cc1cccnc1[C@]1(O)CC[C@H]2CN(CC3CC=CCC3)C[C@H]21. The summed E-state index contributed by atoms with van der Waals surface area (Å²) in [6.45, 7) is 5.49. The van der Waals surface area contributed by atoms with Gasteiger partial charge in [-0.1, -0.05) is 18.2 Å². The fraction of sp³-hybridized carbons (Fsp3) is 0.650. The van der Waals surface area contributed by atoms with E-state index >= 15 is 0 Å². The zero-order chi connectivity index (χ0) is 15.9. The molecule has 1 saturated carbocycles. The molecule has 0 radical (unpaired) electrons. The van der Waals surface area contributed by atoms with Crippen LogP contribution in [0.15, 0.2) is 30.5 Å². The van der Waals surface area contributed by atoms with Crippen LogP contribution in [0, 0.1) is 24.7 Å². The second-order valence-electron chi connectivity index (χ2n) is 7.87. The van der Waals surface area contributed by atoms with Crippen LogP contribution in [-0.2, 0) is 5.60 Å². The highest BCUT2D eigenvalue weighted by molar-refractivity contribution is 5.27. The summed E-state index contributed by atoms with van der Waals surface area (Å²) in [6, 6.07) is 4.04. The van der Waals surface area contributed by atoms with Crippen LogP contribution in [0.3, 0.4) is 0 Å². The van der Waals surface area contributed by atoms with Crippen molar-refractivity contribution in [1.29, 1.82) is 0 Å². The minimum atomic E-state index is -0.711. The largest absolute Gasteiger partial charge is 0.383 e. The number of hydrogen-bond acceptors (Lipinski definition) is 3. The number of fused-ring (bicyclic) bond motifs is 1. The van der Waals surface area contributed by atoms with Gasteiger partial charge in [0, 0.05) is 31.7 Å². The molecule has 3 aliphatic rings. The first-order chi connectivity index (χ1) is 11.2. The highest BCUT2D eigenvalue weighted by Crippen LogP contribution is 2.50. The number of allylic oxidation sites excluding steroid dienone is 2. The number of likely N-dealkylation sites (tertiary alicyclic amines) is 1. The predicted molar refractivity (Wildman–Crippen MR) is 92.0 cm³/mol. The Hall–Kier alpha value is -1.19. The summed E-state index contributed by atoms with van der Waals surface area (Å²) in [7, 11) is 0. The monoisotopic (exact) mass is 312 g/mol. The maximum atomic E-state index is 11.4. The number of aromatic nitrogens is 1. The highest BCUT2D eigenvalue weighted by atomic mass is 16.3. The molecule has 4 rings (SSSR count). The molecule has 1 aromatic rings. The van der Waals surface area contributed by atoms with Gasteiger partial charge in [0.05, 0.1) is 5.69 Å². The van der Waals surface area contributed by atoms with Gasteiger partial charge in [-0.15, -0.1) is 0 Å². The van der Waals surface area contributed by atoms with Crippen LogP contribution in [0.4, 0.5) is 0 Å². The summed E-state index contributed by atoms with van der Waals surface area (Å²) >= 11 is 0. The van der Waals surface area contributed by atoms with Gasteiger partial charge in [0.1, 0.15) is 5.60 Å². The smallest absolute Gasteiger partial charge is 0.111 e. The van der Waals surface area contributed by atoms with Crippen molar-refractivity contribution >= 4 is 0 Å². The Bertz CT molecular complexity index is 599. The number of aryl methyl sites for hydroxylation is 1. The van der Waals surface area contributed by atoms with E-state index in [2.05, 4.69) is 35.0 Å². The molecule has 3 heteroatoms. The molecule has 4 atom stereocenters. The van der Waals surface area contributed by atoms with Crippen LogP contribution in [0.2, 0.25) is 0 Å². The van der Waals surface area contributed by atoms with Crippen molar-refractivity contribution in [3.05, 3.63) is 41.7 Å². The number of aliphatic hydroxyl groups is 1. The van der Waals surface area contributed by atoms with Gasteiger partial charge in [-0.05, 0) is 62.5 Å². The molecule has 2 fully saturated rings. The van der Waals surface area contributed by atoms with Crippen molar-refractivity contribution in [2.75, 3.05) is 19.6 Å². The third kappa shape index (κ3) is 2.74. The Kier molecular flexibility index (Phi) is 4.02. The van der Waals surface area contributed by atoms with E-state index in [9.17, 15) is 5.11 Å². The maximum absolute atomic E-state index is 11.4. The molecule has 1 aromatic heterocycles.